The van der Waals surface area contributed by atoms with Crippen LogP contribution in [0.5, 0.6) is 0 Å². The molecule has 0 aliphatic heterocycles. The van der Waals surface area contributed by atoms with Crippen molar-refractivity contribution in [3.63, 3.8) is 0 Å². The fourth-order valence-electron chi connectivity index (χ4n) is 3.35. The third-order valence-corrected chi connectivity index (χ3v) is 5.26. The number of aliphatic hydroxyl groups is 1. The summed E-state index contributed by atoms with van der Waals surface area (Å²) in [7, 11) is -3.37. The minimum Gasteiger partial charge on any atom is -0.481 e. The summed E-state index contributed by atoms with van der Waals surface area (Å²) in [6, 6.07) is 4.91. The average Bonchev–Trinajstić information content (AvgIpc) is 3.04. The molecule has 9 heteroatoms. The number of carbonyl (C=O) groups is 1. The number of imidazole rings is 1. The van der Waals surface area contributed by atoms with E-state index in [0.29, 0.717) is 48.2 Å². The SMILES string of the molecule is CC.CS(=O)(=O)Nc1ccc2nc(C(O)C3CCC(C(=O)O)CC3)[nH]c2c1. The molecule has 3 rings (SSSR count). The first kappa shape index (κ1) is 21.2. The highest BCUT2D eigenvalue weighted by Gasteiger charge is 2.31. The lowest BCUT2D eigenvalue weighted by molar-refractivity contribution is -0.143. The number of carboxylic acid groups (broad SMARTS) is 1. The van der Waals surface area contributed by atoms with Crippen molar-refractivity contribution in [3.05, 3.63) is 24.0 Å². The summed E-state index contributed by atoms with van der Waals surface area (Å²) < 4.78 is 25.0. The zero-order valence-electron chi connectivity index (χ0n) is 15.8. The fourth-order valence-corrected chi connectivity index (χ4v) is 3.91. The quantitative estimate of drug-likeness (QED) is 0.613. The Hall–Kier alpha value is -2.13. The second-order valence-corrected chi connectivity index (χ2v) is 8.37. The number of nitrogens with zero attached hydrogens (tertiary/aromatic N) is 1. The molecule has 1 aromatic heterocycles. The van der Waals surface area contributed by atoms with Crippen LogP contribution in [0.25, 0.3) is 11.0 Å². The van der Waals surface area contributed by atoms with Gasteiger partial charge in [0.25, 0.3) is 0 Å². The van der Waals surface area contributed by atoms with Gasteiger partial charge in [-0.25, -0.2) is 13.4 Å². The van der Waals surface area contributed by atoms with Gasteiger partial charge in [0.15, 0.2) is 0 Å². The molecule has 1 heterocycles. The predicted octanol–water partition coefficient (Wildman–Crippen LogP) is 2.89. The third kappa shape index (κ3) is 5.43. The Morgan fingerprint density at radius 1 is 1.26 bits per heavy atom. The van der Waals surface area contributed by atoms with Crippen LogP contribution in [0.15, 0.2) is 18.2 Å². The maximum atomic E-state index is 11.3. The van der Waals surface area contributed by atoms with Crippen molar-refractivity contribution < 1.29 is 23.4 Å². The van der Waals surface area contributed by atoms with E-state index in [1.807, 2.05) is 13.8 Å². The van der Waals surface area contributed by atoms with E-state index in [-0.39, 0.29) is 11.8 Å². The van der Waals surface area contributed by atoms with Gasteiger partial charge >= 0.3 is 5.97 Å². The number of rotatable bonds is 5. The molecule has 2 aromatic rings. The van der Waals surface area contributed by atoms with Crippen LogP contribution in [0.4, 0.5) is 5.69 Å². The molecule has 0 radical (unpaired) electrons. The topological polar surface area (TPSA) is 132 Å². The van der Waals surface area contributed by atoms with E-state index in [2.05, 4.69) is 14.7 Å². The molecule has 0 amide bonds. The van der Waals surface area contributed by atoms with E-state index in [4.69, 9.17) is 5.11 Å². The van der Waals surface area contributed by atoms with Crippen molar-refractivity contribution in [3.8, 4) is 0 Å². The van der Waals surface area contributed by atoms with Crippen molar-refractivity contribution in [1.29, 1.82) is 0 Å². The Balaban J connectivity index is 0.00000126. The molecule has 0 spiro atoms. The van der Waals surface area contributed by atoms with Gasteiger partial charge in [0.2, 0.25) is 10.0 Å². The summed E-state index contributed by atoms with van der Waals surface area (Å²) >= 11 is 0. The number of carboxylic acids is 1. The maximum Gasteiger partial charge on any atom is 0.306 e. The van der Waals surface area contributed by atoms with E-state index >= 15 is 0 Å². The fraction of sp³-hybridized carbons (Fsp3) is 0.556. The van der Waals surface area contributed by atoms with E-state index in [1.165, 1.54) is 0 Å². The summed E-state index contributed by atoms with van der Waals surface area (Å²) in [4.78, 5) is 18.4. The Bertz CT molecular complexity index is 886. The van der Waals surface area contributed by atoms with Gasteiger partial charge in [0, 0.05) is 0 Å². The Labute approximate surface area is 159 Å². The summed E-state index contributed by atoms with van der Waals surface area (Å²) in [6.45, 7) is 4.00. The van der Waals surface area contributed by atoms with Gasteiger partial charge in [0.05, 0.1) is 28.9 Å². The van der Waals surface area contributed by atoms with Crippen molar-refractivity contribution in [2.75, 3.05) is 11.0 Å². The second-order valence-electron chi connectivity index (χ2n) is 6.62. The van der Waals surface area contributed by atoms with Crippen molar-refractivity contribution >= 4 is 32.7 Å². The number of aromatic amines is 1. The zero-order chi connectivity index (χ0) is 20.2. The van der Waals surface area contributed by atoms with Gasteiger partial charge in [-0.05, 0) is 49.8 Å². The zero-order valence-corrected chi connectivity index (χ0v) is 16.6. The minimum atomic E-state index is -3.37. The van der Waals surface area contributed by atoms with Crippen LogP contribution in [0.1, 0.15) is 51.5 Å². The van der Waals surface area contributed by atoms with Gasteiger partial charge in [-0.1, -0.05) is 13.8 Å². The van der Waals surface area contributed by atoms with Crippen molar-refractivity contribution in [2.45, 2.75) is 45.6 Å². The number of nitrogens with one attached hydrogen (secondary N) is 2. The van der Waals surface area contributed by atoms with Gasteiger partial charge < -0.3 is 15.2 Å². The summed E-state index contributed by atoms with van der Waals surface area (Å²) in [5.41, 5.74) is 1.68. The molecule has 1 aliphatic rings. The molecule has 4 N–H and O–H groups in total. The van der Waals surface area contributed by atoms with Crippen molar-refractivity contribution in [2.24, 2.45) is 11.8 Å². The number of sulfonamides is 1. The number of fused-ring (bicyclic) bond motifs is 1. The number of hydrogen-bond donors (Lipinski definition) is 4. The van der Waals surface area contributed by atoms with Crippen LogP contribution >= 0.6 is 0 Å². The standard InChI is InChI=1S/C16H21N3O5S.C2H6/c1-25(23,24)19-11-6-7-12-13(8-11)18-15(17-12)14(20)9-2-4-10(5-3-9)16(21)22;1-2/h6-10,14,19-20H,2-5H2,1H3,(H,17,18)(H,21,22);1-2H3. The summed E-state index contributed by atoms with van der Waals surface area (Å²) in [5.74, 6) is -0.721. The summed E-state index contributed by atoms with van der Waals surface area (Å²) in [6.07, 6.45) is 2.66. The highest BCUT2D eigenvalue weighted by molar-refractivity contribution is 7.92. The smallest absolute Gasteiger partial charge is 0.306 e. The third-order valence-electron chi connectivity index (χ3n) is 4.65. The molecule has 1 fully saturated rings. The molecule has 27 heavy (non-hydrogen) atoms. The molecule has 150 valence electrons. The van der Waals surface area contributed by atoms with Gasteiger partial charge in [0.1, 0.15) is 11.9 Å². The molecule has 1 aliphatic carbocycles. The van der Waals surface area contributed by atoms with Crippen LogP contribution in [-0.4, -0.2) is 40.8 Å². The molecular weight excluding hydrogens is 370 g/mol. The first-order chi connectivity index (χ1) is 12.7. The molecule has 1 unspecified atom stereocenters. The minimum absolute atomic E-state index is 0.0372. The van der Waals surface area contributed by atoms with E-state index in [9.17, 15) is 18.3 Å². The number of aromatic nitrogens is 2. The normalized spacial score (nSPS) is 21.2. The van der Waals surface area contributed by atoms with Gasteiger partial charge in [-0.3, -0.25) is 9.52 Å². The largest absolute Gasteiger partial charge is 0.481 e. The highest BCUT2D eigenvalue weighted by atomic mass is 32.2. The van der Waals surface area contributed by atoms with Crippen LogP contribution in [-0.2, 0) is 14.8 Å². The molecule has 0 saturated heterocycles. The average molecular weight is 397 g/mol. The van der Waals surface area contributed by atoms with Crippen molar-refractivity contribution in [1.82, 2.24) is 9.97 Å². The van der Waals surface area contributed by atoms with E-state index < -0.39 is 22.1 Å². The van der Waals surface area contributed by atoms with Crippen LogP contribution in [0.2, 0.25) is 0 Å². The molecule has 1 saturated carbocycles. The van der Waals surface area contributed by atoms with E-state index in [1.54, 1.807) is 18.2 Å². The number of aliphatic hydroxyl groups excluding tert-OH is 1. The van der Waals surface area contributed by atoms with Crippen LogP contribution in [0, 0.1) is 11.8 Å². The lowest BCUT2D eigenvalue weighted by Crippen LogP contribution is -2.25. The molecule has 1 aromatic carbocycles. The number of hydrogen-bond acceptors (Lipinski definition) is 5. The lowest BCUT2D eigenvalue weighted by Gasteiger charge is -2.28. The Morgan fingerprint density at radius 3 is 2.44 bits per heavy atom. The number of benzene rings is 1. The molecule has 8 nitrogen and oxygen atoms in total. The Kier molecular flexibility index (Phi) is 6.83. The highest BCUT2D eigenvalue weighted by Crippen LogP contribution is 2.36. The van der Waals surface area contributed by atoms with Gasteiger partial charge in [-0.2, -0.15) is 0 Å². The first-order valence-electron chi connectivity index (χ1n) is 9.11. The van der Waals surface area contributed by atoms with Crippen LogP contribution in [0.3, 0.4) is 0 Å². The second kappa shape index (κ2) is 8.71. The first-order valence-corrected chi connectivity index (χ1v) is 11.0. The van der Waals surface area contributed by atoms with Crippen LogP contribution < -0.4 is 4.72 Å². The Morgan fingerprint density at radius 2 is 1.89 bits per heavy atom. The number of anilines is 1. The molecule has 1 atom stereocenters. The monoisotopic (exact) mass is 397 g/mol. The number of aliphatic carboxylic acids is 1. The maximum absolute atomic E-state index is 11.3. The number of H-pyrrole nitrogens is 1. The lowest BCUT2D eigenvalue weighted by atomic mass is 9.79. The molecular formula is C18H27N3O5S. The predicted molar refractivity (Wildman–Crippen MR) is 104 cm³/mol. The van der Waals surface area contributed by atoms with Gasteiger partial charge in [-0.15, -0.1) is 0 Å². The summed E-state index contributed by atoms with van der Waals surface area (Å²) in [5, 5.41) is 19.6. The van der Waals surface area contributed by atoms with E-state index in [0.717, 1.165) is 6.26 Å². The molecule has 0 bridgehead atoms.